The van der Waals surface area contributed by atoms with Crippen LogP contribution >= 0.6 is 47.0 Å². The smallest absolute Gasteiger partial charge is 0.252 e. The number of aromatic hydroxyl groups is 1. The summed E-state index contributed by atoms with van der Waals surface area (Å²) < 4.78 is -1.87. The molecule has 1 amide bonds. The Morgan fingerprint density at radius 3 is 2.27 bits per heavy atom. The van der Waals surface area contributed by atoms with Crippen LogP contribution in [0.3, 0.4) is 0 Å². The van der Waals surface area contributed by atoms with Crippen LogP contribution in [0.25, 0.3) is 0 Å². The van der Waals surface area contributed by atoms with Crippen LogP contribution in [0.5, 0.6) is 5.75 Å². The van der Waals surface area contributed by atoms with Crippen LogP contribution in [0.2, 0.25) is 0 Å². The standard InChI is InChI=1S/C17H16Cl3N3O2S/c1-10-6-8-11(9-7-10)14(25)22-15(17(18,19)20)23-16(26)21-12-4-2-3-5-13(12)24/h2-9,15,24H,1H3,(H,22,25)(H2,21,23,26)/t15-/m0/s1. The number of para-hydroxylation sites is 2. The first-order valence-electron chi connectivity index (χ1n) is 7.46. The van der Waals surface area contributed by atoms with Crippen molar-refractivity contribution < 1.29 is 9.90 Å². The largest absolute Gasteiger partial charge is 0.506 e. The van der Waals surface area contributed by atoms with Gasteiger partial charge in [-0.15, -0.1) is 0 Å². The van der Waals surface area contributed by atoms with Gasteiger partial charge in [-0.2, -0.15) is 0 Å². The molecule has 1 atom stereocenters. The van der Waals surface area contributed by atoms with Crippen LogP contribution in [0.1, 0.15) is 15.9 Å². The Balaban J connectivity index is 2.07. The van der Waals surface area contributed by atoms with E-state index in [-0.39, 0.29) is 10.9 Å². The molecule has 0 heterocycles. The van der Waals surface area contributed by atoms with Crippen molar-refractivity contribution in [1.82, 2.24) is 10.6 Å². The van der Waals surface area contributed by atoms with E-state index in [1.807, 2.05) is 6.92 Å². The van der Waals surface area contributed by atoms with Gasteiger partial charge in [-0.05, 0) is 43.4 Å². The first-order valence-corrected chi connectivity index (χ1v) is 9.01. The van der Waals surface area contributed by atoms with Gasteiger partial charge in [0.2, 0.25) is 3.79 Å². The summed E-state index contributed by atoms with van der Waals surface area (Å²) in [6.45, 7) is 1.91. The SMILES string of the molecule is Cc1ccc(C(=O)N[C@@H](NC(=S)Nc2ccccc2O)C(Cl)(Cl)Cl)cc1. The molecule has 0 unspecified atom stereocenters. The number of benzene rings is 2. The lowest BCUT2D eigenvalue weighted by Gasteiger charge is -2.28. The Kier molecular flexibility index (Phi) is 6.94. The molecule has 2 rings (SSSR count). The second kappa shape index (κ2) is 8.77. The maximum atomic E-state index is 12.4. The number of amides is 1. The highest BCUT2D eigenvalue weighted by molar-refractivity contribution is 7.80. The monoisotopic (exact) mass is 431 g/mol. The van der Waals surface area contributed by atoms with Crippen molar-refractivity contribution in [3.8, 4) is 5.75 Å². The van der Waals surface area contributed by atoms with Crippen molar-refractivity contribution in [2.45, 2.75) is 16.9 Å². The first kappa shape index (κ1) is 20.6. The van der Waals surface area contributed by atoms with Crippen molar-refractivity contribution in [3.63, 3.8) is 0 Å². The highest BCUT2D eigenvalue weighted by Gasteiger charge is 2.35. The maximum absolute atomic E-state index is 12.4. The number of anilines is 1. The van der Waals surface area contributed by atoms with Crippen molar-refractivity contribution in [2.24, 2.45) is 0 Å². The summed E-state index contributed by atoms with van der Waals surface area (Å²) >= 11 is 23.0. The average Bonchev–Trinajstić information content (AvgIpc) is 2.56. The molecular formula is C17H16Cl3N3O2S. The van der Waals surface area contributed by atoms with Crippen LogP contribution in [-0.2, 0) is 0 Å². The normalized spacial score (nSPS) is 12.2. The predicted octanol–water partition coefficient (Wildman–Crippen LogP) is 4.11. The molecule has 0 spiro atoms. The Labute approximate surface area is 171 Å². The number of alkyl halides is 3. The van der Waals surface area contributed by atoms with Crippen molar-refractivity contribution >= 4 is 63.7 Å². The molecule has 2 aromatic carbocycles. The number of nitrogens with one attached hydrogen (secondary N) is 3. The number of hydrogen-bond donors (Lipinski definition) is 4. The third-order valence-corrected chi connectivity index (χ3v) is 4.22. The van der Waals surface area contributed by atoms with Gasteiger partial charge in [0.15, 0.2) is 5.11 Å². The Morgan fingerprint density at radius 1 is 1.08 bits per heavy atom. The van der Waals surface area contributed by atoms with Gasteiger partial charge in [0.05, 0.1) is 5.69 Å². The molecule has 2 aromatic rings. The third kappa shape index (κ3) is 5.92. The number of aryl methyl sites for hydroxylation is 1. The highest BCUT2D eigenvalue weighted by atomic mass is 35.6. The zero-order chi connectivity index (χ0) is 19.3. The Morgan fingerprint density at radius 2 is 1.69 bits per heavy atom. The number of phenols is 1. The van der Waals surface area contributed by atoms with Crippen LogP contribution in [-0.4, -0.2) is 26.1 Å². The van der Waals surface area contributed by atoms with E-state index in [0.29, 0.717) is 11.3 Å². The first-order chi connectivity index (χ1) is 12.2. The van der Waals surface area contributed by atoms with E-state index in [0.717, 1.165) is 5.56 Å². The van der Waals surface area contributed by atoms with Crippen molar-refractivity contribution in [1.29, 1.82) is 0 Å². The molecule has 0 saturated carbocycles. The lowest BCUT2D eigenvalue weighted by atomic mass is 10.1. The number of carbonyl (C=O) groups excluding carboxylic acids is 1. The number of carbonyl (C=O) groups is 1. The molecule has 4 N–H and O–H groups in total. The summed E-state index contributed by atoms with van der Waals surface area (Å²) in [6, 6.07) is 13.4. The van der Waals surface area contributed by atoms with E-state index < -0.39 is 15.9 Å². The average molecular weight is 433 g/mol. The van der Waals surface area contributed by atoms with E-state index in [1.165, 1.54) is 6.07 Å². The van der Waals surface area contributed by atoms with Crippen LogP contribution < -0.4 is 16.0 Å². The minimum atomic E-state index is -1.87. The molecule has 0 aliphatic carbocycles. The quantitative estimate of drug-likeness (QED) is 0.253. The Bertz CT molecular complexity index is 795. The second-order valence-corrected chi connectivity index (χ2v) is 8.21. The molecule has 0 aromatic heterocycles. The summed E-state index contributed by atoms with van der Waals surface area (Å²) in [5.74, 6) is -0.426. The lowest BCUT2D eigenvalue weighted by molar-refractivity contribution is 0.0934. The zero-order valence-corrected chi connectivity index (χ0v) is 16.7. The summed E-state index contributed by atoms with van der Waals surface area (Å²) in [5, 5.41) is 17.9. The van der Waals surface area contributed by atoms with Gasteiger partial charge in [-0.25, -0.2) is 0 Å². The molecule has 138 valence electrons. The van der Waals surface area contributed by atoms with E-state index in [2.05, 4.69) is 16.0 Å². The molecule has 0 saturated heterocycles. The Hall–Kier alpha value is -1.73. The lowest BCUT2D eigenvalue weighted by Crippen LogP contribution is -2.56. The fraction of sp³-hybridized carbons (Fsp3) is 0.176. The molecule has 9 heteroatoms. The number of rotatable bonds is 4. The molecule has 26 heavy (non-hydrogen) atoms. The number of phenolic OH excluding ortho intramolecular Hbond substituents is 1. The van der Waals surface area contributed by atoms with Gasteiger partial charge in [0.1, 0.15) is 11.9 Å². The molecule has 0 fully saturated rings. The van der Waals surface area contributed by atoms with Gasteiger partial charge in [0, 0.05) is 5.56 Å². The van der Waals surface area contributed by atoms with E-state index in [9.17, 15) is 9.90 Å². The molecule has 0 aliphatic rings. The zero-order valence-electron chi connectivity index (χ0n) is 13.6. The van der Waals surface area contributed by atoms with Crippen LogP contribution in [0, 0.1) is 6.92 Å². The minimum absolute atomic E-state index is 0.00535. The molecule has 0 bridgehead atoms. The molecule has 5 nitrogen and oxygen atoms in total. The summed E-state index contributed by atoms with van der Waals surface area (Å²) in [6.07, 6.45) is -1.10. The van der Waals surface area contributed by atoms with E-state index in [4.69, 9.17) is 47.0 Å². The van der Waals surface area contributed by atoms with Gasteiger partial charge in [-0.1, -0.05) is 64.6 Å². The van der Waals surface area contributed by atoms with Gasteiger partial charge < -0.3 is 21.1 Å². The molecular weight excluding hydrogens is 417 g/mol. The number of halogens is 3. The van der Waals surface area contributed by atoms with Gasteiger partial charge >= 0.3 is 0 Å². The summed E-state index contributed by atoms with van der Waals surface area (Å²) in [5.41, 5.74) is 1.81. The van der Waals surface area contributed by atoms with Gasteiger partial charge in [0.25, 0.3) is 5.91 Å². The topological polar surface area (TPSA) is 73.4 Å². The fourth-order valence-electron chi connectivity index (χ4n) is 1.99. The van der Waals surface area contributed by atoms with E-state index >= 15 is 0 Å². The maximum Gasteiger partial charge on any atom is 0.252 e. The third-order valence-electron chi connectivity index (χ3n) is 3.34. The molecule has 0 aliphatic heterocycles. The molecule has 0 radical (unpaired) electrons. The van der Waals surface area contributed by atoms with Crippen molar-refractivity contribution in [2.75, 3.05) is 5.32 Å². The van der Waals surface area contributed by atoms with Crippen LogP contribution in [0.15, 0.2) is 48.5 Å². The summed E-state index contributed by atoms with van der Waals surface area (Å²) in [4.78, 5) is 12.4. The van der Waals surface area contributed by atoms with Crippen molar-refractivity contribution in [3.05, 3.63) is 59.7 Å². The number of hydrogen-bond acceptors (Lipinski definition) is 3. The van der Waals surface area contributed by atoms with E-state index in [1.54, 1.807) is 42.5 Å². The van der Waals surface area contributed by atoms with Gasteiger partial charge in [-0.3, -0.25) is 4.79 Å². The van der Waals surface area contributed by atoms with Crippen LogP contribution in [0.4, 0.5) is 5.69 Å². The minimum Gasteiger partial charge on any atom is -0.506 e. The number of thiocarbonyl (C=S) groups is 1. The second-order valence-electron chi connectivity index (χ2n) is 5.43. The summed E-state index contributed by atoms with van der Waals surface area (Å²) in [7, 11) is 0. The fourth-order valence-corrected chi connectivity index (χ4v) is 2.54. The predicted molar refractivity (Wildman–Crippen MR) is 110 cm³/mol. The highest BCUT2D eigenvalue weighted by Crippen LogP contribution is 2.29.